The van der Waals surface area contributed by atoms with Gasteiger partial charge in [-0.05, 0) is 30.9 Å². The molecule has 1 aromatic rings. The standard InChI is InChI=1S/C15H24ClNO/c1-3-5-6-10-18-15-12(11-13(17)4-2)8-7-9-14(15)16/h7-9,13H,3-6,10-11,17H2,1-2H3. The fourth-order valence-electron chi connectivity index (χ4n) is 1.83. The molecule has 0 bridgehead atoms. The minimum absolute atomic E-state index is 0.168. The Labute approximate surface area is 115 Å². The van der Waals surface area contributed by atoms with Crippen LogP contribution in [0.3, 0.4) is 0 Å². The number of hydrogen-bond acceptors (Lipinski definition) is 2. The summed E-state index contributed by atoms with van der Waals surface area (Å²) in [7, 11) is 0. The Balaban J connectivity index is 2.67. The van der Waals surface area contributed by atoms with E-state index in [-0.39, 0.29) is 6.04 Å². The van der Waals surface area contributed by atoms with Gasteiger partial charge in [0.1, 0.15) is 5.75 Å². The van der Waals surface area contributed by atoms with Gasteiger partial charge >= 0.3 is 0 Å². The summed E-state index contributed by atoms with van der Waals surface area (Å²) >= 11 is 6.20. The van der Waals surface area contributed by atoms with Gasteiger partial charge in [-0.3, -0.25) is 0 Å². The Bertz CT molecular complexity index is 354. The van der Waals surface area contributed by atoms with Crippen molar-refractivity contribution < 1.29 is 4.74 Å². The van der Waals surface area contributed by atoms with Crippen molar-refractivity contribution in [1.82, 2.24) is 0 Å². The van der Waals surface area contributed by atoms with Crippen LogP contribution in [-0.2, 0) is 6.42 Å². The Morgan fingerprint density at radius 2 is 2.06 bits per heavy atom. The second-order valence-electron chi connectivity index (χ2n) is 4.66. The van der Waals surface area contributed by atoms with Gasteiger partial charge in [0.25, 0.3) is 0 Å². The summed E-state index contributed by atoms with van der Waals surface area (Å²) in [4.78, 5) is 0. The highest BCUT2D eigenvalue weighted by atomic mass is 35.5. The fraction of sp³-hybridized carbons (Fsp3) is 0.600. The highest BCUT2D eigenvalue weighted by Gasteiger charge is 2.11. The molecule has 0 heterocycles. The van der Waals surface area contributed by atoms with Crippen LogP contribution >= 0.6 is 11.6 Å². The lowest BCUT2D eigenvalue weighted by Gasteiger charge is -2.15. The average molecular weight is 270 g/mol. The lowest BCUT2D eigenvalue weighted by Crippen LogP contribution is -2.21. The van der Waals surface area contributed by atoms with E-state index in [0.29, 0.717) is 5.02 Å². The molecular formula is C15H24ClNO. The van der Waals surface area contributed by atoms with Crippen molar-refractivity contribution in [1.29, 1.82) is 0 Å². The first kappa shape index (κ1) is 15.3. The van der Waals surface area contributed by atoms with Crippen molar-refractivity contribution in [2.24, 2.45) is 5.73 Å². The first-order chi connectivity index (χ1) is 8.69. The molecule has 0 spiro atoms. The van der Waals surface area contributed by atoms with Crippen LogP contribution in [0.2, 0.25) is 5.02 Å². The quantitative estimate of drug-likeness (QED) is 0.718. The number of halogens is 1. The van der Waals surface area contributed by atoms with E-state index in [1.54, 1.807) is 0 Å². The van der Waals surface area contributed by atoms with Gasteiger partial charge in [-0.1, -0.05) is 50.4 Å². The number of unbranched alkanes of at least 4 members (excludes halogenated alkanes) is 2. The van der Waals surface area contributed by atoms with E-state index < -0.39 is 0 Å². The molecule has 0 aliphatic heterocycles. The second kappa shape index (κ2) is 8.39. The predicted octanol–water partition coefficient (Wildman–Crippen LogP) is 4.19. The molecule has 1 rings (SSSR count). The van der Waals surface area contributed by atoms with E-state index in [0.717, 1.165) is 37.2 Å². The summed E-state index contributed by atoms with van der Waals surface area (Å²) < 4.78 is 5.83. The van der Waals surface area contributed by atoms with Crippen molar-refractivity contribution in [3.8, 4) is 5.75 Å². The van der Waals surface area contributed by atoms with Crippen LogP contribution in [0.1, 0.15) is 45.1 Å². The summed E-state index contributed by atoms with van der Waals surface area (Å²) in [6, 6.07) is 6.05. The third kappa shape index (κ3) is 4.87. The second-order valence-corrected chi connectivity index (χ2v) is 5.06. The molecule has 0 aromatic heterocycles. The molecule has 3 heteroatoms. The van der Waals surface area contributed by atoms with Gasteiger partial charge < -0.3 is 10.5 Å². The van der Waals surface area contributed by atoms with Crippen molar-refractivity contribution in [3.05, 3.63) is 28.8 Å². The van der Waals surface area contributed by atoms with Crippen LogP contribution < -0.4 is 10.5 Å². The minimum atomic E-state index is 0.168. The predicted molar refractivity (Wildman–Crippen MR) is 78.4 cm³/mol. The van der Waals surface area contributed by atoms with Gasteiger partial charge in [0.05, 0.1) is 11.6 Å². The first-order valence-corrected chi connectivity index (χ1v) is 7.22. The van der Waals surface area contributed by atoms with Gasteiger partial charge in [0.15, 0.2) is 0 Å². The number of rotatable bonds is 8. The maximum atomic E-state index is 6.20. The van der Waals surface area contributed by atoms with Crippen molar-refractivity contribution in [2.45, 2.75) is 52.0 Å². The zero-order valence-electron chi connectivity index (χ0n) is 11.4. The number of para-hydroxylation sites is 1. The lowest BCUT2D eigenvalue weighted by molar-refractivity contribution is 0.302. The Morgan fingerprint density at radius 3 is 2.72 bits per heavy atom. The zero-order chi connectivity index (χ0) is 13.4. The summed E-state index contributed by atoms with van der Waals surface area (Å²) in [5, 5.41) is 0.687. The maximum Gasteiger partial charge on any atom is 0.141 e. The van der Waals surface area contributed by atoms with Crippen LogP contribution in [0.4, 0.5) is 0 Å². The zero-order valence-corrected chi connectivity index (χ0v) is 12.2. The Kier molecular flexibility index (Phi) is 7.14. The molecule has 1 atom stereocenters. The van der Waals surface area contributed by atoms with Gasteiger partial charge in [0.2, 0.25) is 0 Å². The van der Waals surface area contributed by atoms with E-state index in [1.165, 1.54) is 12.8 Å². The van der Waals surface area contributed by atoms with Crippen molar-refractivity contribution in [3.63, 3.8) is 0 Å². The van der Waals surface area contributed by atoms with E-state index >= 15 is 0 Å². The van der Waals surface area contributed by atoms with Crippen LogP contribution in [0.5, 0.6) is 5.75 Å². The third-order valence-electron chi connectivity index (χ3n) is 3.05. The van der Waals surface area contributed by atoms with Crippen LogP contribution in [0.15, 0.2) is 18.2 Å². The Morgan fingerprint density at radius 1 is 1.28 bits per heavy atom. The highest BCUT2D eigenvalue weighted by molar-refractivity contribution is 6.32. The normalized spacial score (nSPS) is 12.4. The van der Waals surface area contributed by atoms with Gasteiger partial charge in [-0.2, -0.15) is 0 Å². The maximum absolute atomic E-state index is 6.20. The topological polar surface area (TPSA) is 35.2 Å². The summed E-state index contributed by atoms with van der Waals surface area (Å²) in [5.74, 6) is 0.819. The number of ether oxygens (including phenoxy) is 1. The highest BCUT2D eigenvalue weighted by Crippen LogP contribution is 2.29. The smallest absolute Gasteiger partial charge is 0.141 e. The van der Waals surface area contributed by atoms with Crippen LogP contribution in [-0.4, -0.2) is 12.6 Å². The largest absolute Gasteiger partial charge is 0.492 e. The molecule has 0 radical (unpaired) electrons. The SMILES string of the molecule is CCCCCOc1c(Cl)cccc1CC(N)CC. The van der Waals surface area contributed by atoms with Gasteiger partial charge in [0, 0.05) is 6.04 Å². The number of nitrogens with two attached hydrogens (primary N) is 1. The van der Waals surface area contributed by atoms with Crippen molar-refractivity contribution in [2.75, 3.05) is 6.61 Å². The molecule has 0 amide bonds. The Hall–Kier alpha value is -0.730. The number of hydrogen-bond donors (Lipinski definition) is 1. The van der Waals surface area contributed by atoms with E-state index in [2.05, 4.69) is 19.9 Å². The molecule has 2 N–H and O–H groups in total. The van der Waals surface area contributed by atoms with Gasteiger partial charge in [-0.15, -0.1) is 0 Å². The molecule has 102 valence electrons. The lowest BCUT2D eigenvalue weighted by atomic mass is 10.0. The molecule has 0 saturated heterocycles. The monoisotopic (exact) mass is 269 g/mol. The summed E-state index contributed by atoms with van der Waals surface area (Å²) in [5.41, 5.74) is 7.12. The third-order valence-corrected chi connectivity index (χ3v) is 3.35. The molecule has 2 nitrogen and oxygen atoms in total. The average Bonchev–Trinajstić information content (AvgIpc) is 2.37. The molecule has 1 aromatic carbocycles. The van der Waals surface area contributed by atoms with Crippen LogP contribution in [0.25, 0.3) is 0 Å². The van der Waals surface area contributed by atoms with Crippen molar-refractivity contribution >= 4 is 11.6 Å². The molecule has 0 aliphatic carbocycles. The molecule has 18 heavy (non-hydrogen) atoms. The summed E-state index contributed by atoms with van der Waals surface area (Å²) in [6.07, 6.45) is 5.23. The molecule has 0 fully saturated rings. The van der Waals surface area contributed by atoms with Gasteiger partial charge in [-0.25, -0.2) is 0 Å². The van der Waals surface area contributed by atoms with E-state index in [9.17, 15) is 0 Å². The van der Waals surface area contributed by atoms with Crippen LogP contribution in [0, 0.1) is 0 Å². The molecule has 0 saturated carbocycles. The van der Waals surface area contributed by atoms with E-state index in [4.69, 9.17) is 22.1 Å². The summed E-state index contributed by atoms with van der Waals surface area (Å²) in [6.45, 7) is 5.00. The molecular weight excluding hydrogens is 246 g/mol. The van der Waals surface area contributed by atoms with E-state index in [1.807, 2.05) is 12.1 Å². The molecule has 0 aliphatic rings. The number of benzene rings is 1. The molecule has 1 unspecified atom stereocenters. The minimum Gasteiger partial charge on any atom is -0.492 e. The first-order valence-electron chi connectivity index (χ1n) is 6.84. The fourth-order valence-corrected chi connectivity index (χ4v) is 2.08.